The molecule has 1 amide bonds. The van der Waals surface area contributed by atoms with Crippen molar-refractivity contribution in [2.75, 3.05) is 4.90 Å². The maximum absolute atomic E-state index is 13.2. The van der Waals surface area contributed by atoms with Crippen LogP contribution in [0.4, 0.5) is 16.3 Å². The van der Waals surface area contributed by atoms with Gasteiger partial charge < -0.3 is 4.74 Å². The topological polar surface area (TPSA) is 42.4 Å². The standard InChI is InChI=1S/C22H28N2O2/c1-16(2)19-13-12-17(3)15-20(19)26-22(25)24(18-9-5-4-6-10-18)21-11-7-8-14-23-21/h4-11,14,16-17,19-20H,12-13,15H2,1-3H3/t17-,19+,20-/m1/s1. The van der Waals surface area contributed by atoms with Crippen LogP contribution in [-0.4, -0.2) is 17.2 Å². The number of hydrogen-bond acceptors (Lipinski definition) is 3. The molecular weight excluding hydrogens is 324 g/mol. The minimum atomic E-state index is -0.348. The Balaban J connectivity index is 1.86. The van der Waals surface area contributed by atoms with Crippen LogP contribution in [0.1, 0.15) is 40.0 Å². The van der Waals surface area contributed by atoms with Gasteiger partial charge in [0.15, 0.2) is 0 Å². The van der Waals surface area contributed by atoms with Gasteiger partial charge in [0.1, 0.15) is 11.9 Å². The second-order valence-electron chi connectivity index (χ2n) is 7.61. The van der Waals surface area contributed by atoms with Crippen LogP contribution in [-0.2, 0) is 4.74 Å². The molecule has 0 radical (unpaired) electrons. The summed E-state index contributed by atoms with van der Waals surface area (Å²) < 4.78 is 6.05. The summed E-state index contributed by atoms with van der Waals surface area (Å²) in [4.78, 5) is 19.1. The first kappa shape index (κ1) is 18.4. The SMILES string of the molecule is CC(C)[C@@H]1CC[C@@H](C)C[C@H]1OC(=O)N(c1ccccc1)c1ccccn1. The summed E-state index contributed by atoms with van der Waals surface area (Å²) in [5.74, 6) is 2.08. The van der Waals surface area contributed by atoms with E-state index in [1.807, 2.05) is 48.5 Å². The maximum atomic E-state index is 13.2. The summed E-state index contributed by atoms with van der Waals surface area (Å²) in [7, 11) is 0. The van der Waals surface area contributed by atoms with Crippen molar-refractivity contribution >= 4 is 17.6 Å². The van der Waals surface area contributed by atoms with Crippen LogP contribution >= 0.6 is 0 Å². The van der Waals surface area contributed by atoms with Gasteiger partial charge in [0.25, 0.3) is 0 Å². The fourth-order valence-electron chi connectivity index (χ4n) is 3.83. The number of para-hydroxylation sites is 1. The van der Waals surface area contributed by atoms with Crippen LogP contribution in [0.15, 0.2) is 54.7 Å². The molecule has 1 aliphatic carbocycles. The van der Waals surface area contributed by atoms with E-state index in [2.05, 4.69) is 25.8 Å². The number of rotatable bonds is 4. The number of amides is 1. The Kier molecular flexibility index (Phi) is 5.92. The fourth-order valence-corrected chi connectivity index (χ4v) is 3.83. The van der Waals surface area contributed by atoms with Crippen molar-refractivity contribution in [2.24, 2.45) is 17.8 Å². The molecule has 1 aromatic carbocycles. The molecule has 0 saturated heterocycles. The zero-order valence-electron chi connectivity index (χ0n) is 15.8. The van der Waals surface area contributed by atoms with Crippen molar-refractivity contribution < 1.29 is 9.53 Å². The molecule has 1 saturated carbocycles. The monoisotopic (exact) mass is 352 g/mol. The largest absolute Gasteiger partial charge is 0.445 e. The van der Waals surface area contributed by atoms with Gasteiger partial charge in [-0.05, 0) is 54.9 Å². The van der Waals surface area contributed by atoms with Crippen molar-refractivity contribution in [1.29, 1.82) is 0 Å². The molecule has 0 spiro atoms. The molecule has 0 unspecified atom stereocenters. The molecule has 1 aliphatic rings. The number of benzene rings is 1. The van der Waals surface area contributed by atoms with Crippen LogP contribution < -0.4 is 4.90 Å². The molecule has 0 aliphatic heterocycles. The predicted octanol–water partition coefficient (Wildman–Crippen LogP) is 5.82. The summed E-state index contributed by atoms with van der Waals surface area (Å²) in [6, 6.07) is 15.1. The highest BCUT2D eigenvalue weighted by Gasteiger charge is 2.35. The lowest BCUT2D eigenvalue weighted by molar-refractivity contribution is 0.0104. The van der Waals surface area contributed by atoms with E-state index in [-0.39, 0.29) is 12.2 Å². The summed E-state index contributed by atoms with van der Waals surface area (Å²) >= 11 is 0. The molecule has 26 heavy (non-hydrogen) atoms. The second kappa shape index (κ2) is 8.35. The molecular formula is C22H28N2O2. The smallest absolute Gasteiger partial charge is 0.420 e. The average molecular weight is 352 g/mol. The Morgan fingerprint density at radius 2 is 1.85 bits per heavy atom. The van der Waals surface area contributed by atoms with Gasteiger partial charge in [-0.3, -0.25) is 0 Å². The number of hydrogen-bond donors (Lipinski definition) is 0. The molecule has 0 N–H and O–H groups in total. The average Bonchev–Trinajstić information content (AvgIpc) is 2.63. The Bertz CT molecular complexity index is 663. The van der Waals surface area contributed by atoms with Gasteiger partial charge in [0.2, 0.25) is 0 Å². The van der Waals surface area contributed by atoms with Gasteiger partial charge in [-0.1, -0.05) is 51.5 Å². The third-order valence-electron chi connectivity index (χ3n) is 5.29. The van der Waals surface area contributed by atoms with Crippen molar-refractivity contribution in [3.8, 4) is 0 Å². The predicted molar refractivity (Wildman–Crippen MR) is 104 cm³/mol. The first-order valence-electron chi connectivity index (χ1n) is 9.53. The number of nitrogens with zero attached hydrogens (tertiary/aromatic N) is 2. The Hall–Kier alpha value is -2.36. The molecule has 1 aromatic heterocycles. The molecule has 2 aromatic rings. The molecule has 3 rings (SSSR count). The van der Waals surface area contributed by atoms with E-state index in [9.17, 15) is 4.79 Å². The normalized spacial score (nSPS) is 22.8. The first-order valence-corrected chi connectivity index (χ1v) is 9.53. The van der Waals surface area contributed by atoms with Crippen LogP contribution in [0.25, 0.3) is 0 Å². The molecule has 3 atom stereocenters. The lowest BCUT2D eigenvalue weighted by atomic mass is 9.75. The van der Waals surface area contributed by atoms with E-state index in [1.165, 1.54) is 6.42 Å². The highest BCUT2D eigenvalue weighted by Crippen LogP contribution is 2.36. The van der Waals surface area contributed by atoms with Crippen LogP contribution in [0.3, 0.4) is 0 Å². The van der Waals surface area contributed by atoms with E-state index >= 15 is 0 Å². The Morgan fingerprint density at radius 3 is 2.50 bits per heavy atom. The van der Waals surface area contributed by atoms with Gasteiger partial charge >= 0.3 is 6.09 Å². The molecule has 1 fully saturated rings. The number of anilines is 2. The van der Waals surface area contributed by atoms with E-state index in [4.69, 9.17) is 4.74 Å². The van der Waals surface area contributed by atoms with Crippen molar-refractivity contribution in [2.45, 2.75) is 46.1 Å². The summed E-state index contributed by atoms with van der Waals surface area (Å²) in [6.45, 7) is 6.68. The van der Waals surface area contributed by atoms with E-state index < -0.39 is 0 Å². The molecule has 1 heterocycles. The van der Waals surface area contributed by atoms with Crippen molar-refractivity contribution in [1.82, 2.24) is 4.98 Å². The highest BCUT2D eigenvalue weighted by atomic mass is 16.6. The van der Waals surface area contributed by atoms with Gasteiger partial charge in [0, 0.05) is 6.20 Å². The molecule has 0 bridgehead atoms. The number of pyridine rings is 1. The van der Waals surface area contributed by atoms with Crippen LogP contribution in [0.2, 0.25) is 0 Å². The number of aromatic nitrogens is 1. The quantitative estimate of drug-likeness (QED) is 0.696. The summed E-state index contributed by atoms with van der Waals surface area (Å²) in [6.07, 6.45) is 4.56. The lowest BCUT2D eigenvalue weighted by Gasteiger charge is -2.37. The van der Waals surface area contributed by atoms with Gasteiger partial charge in [0.05, 0.1) is 5.69 Å². The Labute approximate surface area is 156 Å². The van der Waals surface area contributed by atoms with E-state index in [0.717, 1.165) is 18.5 Å². The minimum absolute atomic E-state index is 0.0406. The fraction of sp³-hybridized carbons (Fsp3) is 0.455. The maximum Gasteiger partial charge on any atom is 0.420 e. The second-order valence-corrected chi connectivity index (χ2v) is 7.61. The van der Waals surface area contributed by atoms with Gasteiger partial charge in [-0.2, -0.15) is 0 Å². The third kappa shape index (κ3) is 4.24. The number of carbonyl (C=O) groups excluding carboxylic acids is 1. The van der Waals surface area contributed by atoms with Crippen molar-refractivity contribution in [3.05, 3.63) is 54.7 Å². The minimum Gasteiger partial charge on any atom is -0.445 e. The zero-order valence-corrected chi connectivity index (χ0v) is 15.8. The molecule has 4 nitrogen and oxygen atoms in total. The highest BCUT2D eigenvalue weighted by molar-refractivity contribution is 5.94. The molecule has 138 valence electrons. The van der Waals surface area contributed by atoms with Crippen LogP contribution in [0.5, 0.6) is 0 Å². The first-order chi connectivity index (χ1) is 12.6. The molecule has 4 heteroatoms. The number of carbonyl (C=O) groups is 1. The van der Waals surface area contributed by atoms with E-state index in [0.29, 0.717) is 23.6 Å². The zero-order chi connectivity index (χ0) is 18.5. The van der Waals surface area contributed by atoms with E-state index in [1.54, 1.807) is 11.1 Å². The summed E-state index contributed by atoms with van der Waals surface area (Å²) in [5, 5.41) is 0. The summed E-state index contributed by atoms with van der Waals surface area (Å²) in [5.41, 5.74) is 0.765. The van der Waals surface area contributed by atoms with Crippen molar-refractivity contribution in [3.63, 3.8) is 0 Å². The van der Waals surface area contributed by atoms with Gasteiger partial charge in [-0.15, -0.1) is 0 Å². The van der Waals surface area contributed by atoms with Gasteiger partial charge in [-0.25, -0.2) is 14.7 Å². The van der Waals surface area contributed by atoms with Crippen LogP contribution in [0, 0.1) is 17.8 Å². The Morgan fingerprint density at radius 1 is 1.12 bits per heavy atom. The lowest BCUT2D eigenvalue weighted by Crippen LogP contribution is -2.39. The number of ether oxygens (including phenoxy) is 1. The third-order valence-corrected chi connectivity index (χ3v) is 5.29.